The Morgan fingerprint density at radius 1 is 1.82 bits per heavy atom. The van der Waals surface area contributed by atoms with Crippen LogP contribution >= 0.6 is 0 Å². The summed E-state index contributed by atoms with van der Waals surface area (Å²) >= 11 is 0. The molecular weight excluding hydrogens is 144 g/mol. The summed E-state index contributed by atoms with van der Waals surface area (Å²) in [7, 11) is 0. The first-order valence-electron chi connectivity index (χ1n) is 3.55. The molecule has 1 rings (SSSR count). The van der Waals surface area contributed by atoms with Gasteiger partial charge < -0.3 is 15.3 Å². The fourth-order valence-corrected chi connectivity index (χ4v) is 0.746. The van der Waals surface area contributed by atoms with E-state index in [0.717, 1.165) is 0 Å². The first-order chi connectivity index (χ1) is 5.24. The lowest BCUT2D eigenvalue weighted by Crippen LogP contribution is -2.02. The van der Waals surface area contributed by atoms with Crippen LogP contribution in [0.4, 0.5) is 0 Å². The van der Waals surface area contributed by atoms with E-state index in [1.54, 1.807) is 6.20 Å². The third-order valence-electron chi connectivity index (χ3n) is 1.35. The zero-order valence-corrected chi connectivity index (χ0v) is 6.45. The minimum Gasteiger partial charge on any atom is -0.444 e. The summed E-state index contributed by atoms with van der Waals surface area (Å²) in [6.07, 6.45) is 2.04. The van der Waals surface area contributed by atoms with Crippen molar-refractivity contribution in [2.45, 2.75) is 19.4 Å². The molecule has 1 unspecified atom stereocenters. The Morgan fingerprint density at radius 2 is 2.55 bits per heavy atom. The van der Waals surface area contributed by atoms with Crippen molar-refractivity contribution in [3.8, 4) is 0 Å². The molecule has 0 spiro atoms. The Hall–Kier alpha value is -0.870. The standard InChI is InChI=1S/C7H12N2O2/c1-5(8)6-4-9-7(11-6)2-3-10/h4-5,10H,2-3,8H2,1H3. The van der Waals surface area contributed by atoms with Crippen molar-refractivity contribution >= 4 is 0 Å². The van der Waals surface area contributed by atoms with E-state index in [4.69, 9.17) is 15.3 Å². The van der Waals surface area contributed by atoms with E-state index in [9.17, 15) is 0 Å². The lowest BCUT2D eigenvalue weighted by atomic mass is 10.3. The van der Waals surface area contributed by atoms with Crippen LogP contribution in [0.1, 0.15) is 24.6 Å². The second-order valence-corrected chi connectivity index (χ2v) is 2.42. The van der Waals surface area contributed by atoms with Gasteiger partial charge in [0.05, 0.1) is 18.8 Å². The first-order valence-corrected chi connectivity index (χ1v) is 3.55. The maximum atomic E-state index is 8.54. The van der Waals surface area contributed by atoms with Crippen molar-refractivity contribution in [1.29, 1.82) is 0 Å². The van der Waals surface area contributed by atoms with E-state index in [-0.39, 0.29) is 12.6 Å². The lowest BCUT2D eigenvalue weighted by Gasteiger charge is -1.96. The summed E-state index contributed by atoms with van der Waals surface area (Å²) in [6.45, 7) is 1.88. The van der Waals surface area contributed by atoms with Crippen LogP contribution in [0, 0.1) is 0 Å². The molecule has 4 heteroatoms. The minimum atomic E-state index is -0.130. The van der Waals surface area contributed by atoms with Crippen molar-refractivity contribution < 1.29 is 9.52 Å². The maximum Gasteiger partial charge on any atom is 0.196 e. The summed E-state index contributed by atoms with van der Waals surface area (Å²) in [6, 6.07) is -0.130. The largest absolute Gasteiger partial charge is 0.444 e. The van der Waals surface area contributed by atoms with Gasteiger partial charge in [-0.1, -0.05) is 0 Å². The van der Waals surface area contributed by atoms with Gasteiger partial charge in [-0.15, -0.1) is 0 Å². The lowest BCUT2D eigenvalue weighted by molar-refractivity contribution is 0.282. The monoisotopic (exact) mass is 156 g/mol. The molecule has 1 aromatic heterocycles. The molecule has 1 atom stereocenters. The van der Waals surface area contributed by atoms with Gasteiger partial charge in [-0.3, -0.25) is 0 Å². The Bertz CT molecular complexity index is 220. The third kappa shape index (κ3) is 2.03. The number of nitrogens with zero attached hydrogens (tertiary/aromatic N) is 1. The molecule has 0 aliphatic rings. The third-order valence-corrected chi connectivity index (χ3v) is 1.35. The summed E-state index contributed by atoms with van der Waals surface area (Å²) in [5.41, 5.74) is 5.53. The zero-order chi connectivity index (χ0) is 8.27. The highest BCUT2D eigenvalue weighted by atomic mass is 16.4. The molecule has 0 fully saturated rings. The van der Waals surface area contributed by atoms with E-state index in [0.29, 0.717) is 18.1 Å². The molecule has 1 heterocycles. The van der Waals surface area contributed by atoms with Gasteiger partial charge in [0.1, 0.15) is 5.76 Å². The normalized spacial score (nSPS) is 13.4. The van der Waals surface area contributed by atoms with Crippen molar-refractivity contribution in [2.75, 3.05) is 6.61 Å². The van der Waals surface area contributed by atoms with Gasteiger partial charge in [0.15, 0.2) is 5.89 Å². The van der Waals surface area contributed by atoms with Gasteiger partial charge in [0, 0.05) is 6.42 Å². The summed E-state index contributed by atoms with van der Waals surface area (Å²) in [4.78, 5) is 3.92. The van der Waals surface area contributed by atoms with Crippen LogP contribution in [0.3, 0.4) is 0 Å². The average Bonchev–Trinajstić information content (AvgIpc) is 2.37. The molecule has 0 radical (unpaired) electrons. The van der Waals surface area contributed by atoms with Crippen LogP contribution < -0.4 is 5.73 Å². The molecule has 0 saturated heterocycles. The van der Waals surface area contributed by atoms with Crippen LogP contribution in [0.5, 0.6) is 0 Å². The predicted molar refractivity (Wildman–Crippen MR) is 39.9 cm³/mol. The van der Waals surface area contributed by atoms with Crippen LogP contribution in [0.15, 0.2) is 10.6 Å². The van der Waals surface area contributed by atoms with Crippen LogP contribution in [0.25, 0.3) is 0 Å². The van der Waals surface area contributed by atoms with E-state index in [1.165, 1.54) is 0 Å². The van der Waals surface area contributed by atoms with Crippen molar-refractivity contribution in [1.82, 2.24) is 4.98 Å². The Morgan fingerprint density at radius 3 is 3.00 bits per heavy atom. The number of nitrogens with two attached hydrogens (primary N) is 1. The topological polar surface area (TPSA) is 72.3 Å². The van der Waals surface area contributed by atoms with Gasteiger partial charge >= 0.3 is 0 Å². The highest BCUT2D eigenvalue weighted by molar-refractivity contribution is 4.98. The number of hydrogen-bond donors (Lipinski definition) is 2. The number of aliphatic hydroxyl groups is 1. The molecule has 0 aromatic carbocycles. The highest BCUT2D eigenvalue weighted by Gasteiger charge is 2.06. The van der Waals surface area contributed by atoms with E-state index in [2.05, 4.69) is 4.98 Å². The molecule has 0 aliphatic heterocycles. The molecule has 0 amide bonds. The minimum absolute atomic E-state index is 0.0545. The zero-order valence-electron chi connectivity index (χ0n) is 6.45. The number of aliphatic hydroxyl groups excluding tert-OH is 1. The highest BCUT2D eigenvalue weighted by Crippen LogP contribution is 2.10. The molecule has 62 valence electrons. The molecule has 0 bridgehead atoms. The van der Waals surface area contributed by atoms with Crippen LogP contribution in [-0.4, -0.2) is 16.7 Å². The summed E-state index contributed by atoms with van der Waals surface area (Å²) in [5, 5.41) is 8.54. The van der Waals surface area contributed by atoms with Crippen molar-refractivity contribution in [3.63, 3.8) is 0 Å². The number of rotatable bonds is 3. The molecule has 0 saturated carbocycles. The van der Waals surface area contributed by atoms with Gasteiger partial charge in [-0.2, -0.15) is 0 Å². The first kappa shape index (κ1) is 8.23. The fourth-order valence-electron chi connectivity index (χ4n) is 0.746. The molecule has 3 N–H and O–H groups in total. The van der Waals surface area contributed by atoms with Crippen molar-refractivity contribution in [2.24, 2.45) is 5.73 Å². The Kier molecular flexibility index (Phi) is 2.62. The Balaban J connectivity index is 2.66. The SMILES string of the molecule is CC(N)c1cnc(CCO)o1. The molecule has 11 heavy (non-hydrogen) atoms. The summed E-state index contributed by atoms with van der Waals surface area (Å²) in [5.74, 6) is 1.20. The molecule has 4 nitrogen and oxygen atoms in total. The predicted octanol–water partition coefficient (Wildman–Crippen LogP) is 0.229. The maximum absolute atomic E-state index is 8.54. The Labute approximate surface area is 65.0 Å². The molecule has 0 aliphatic carbocycles. The summed E-state index contributed by atoms with van der Waals surface area (Å²) < 4.78 is 5.19. The second-order valence-electron chi connectivity index (χ2n) is 2.42. The van der Waals surface area contributed by atoms with E-state index in [1.807, 2.05) is 6.92 Å². The average molecular weight is 156 g/mol. The molecule has 1 aromatic rings. The van der Waals surface area contributed by atoms with Gasteiger partial charge in [-0.05, 0) is 6.92 Å². The fraction of sp³-hybridized carbons (Fsp3) is 0.571. The van der Waals surface area contributed by atoms with Gasteiger partial charge in [0.25, 0.3) is 0 Å². The van der Waals surface area contributed by atoms with E-state index >= 15 is 0 Å². The van der Waals surface area contributed by atoms with Gasteiger partial charge in [0.2, 0.25) is 0 Å². The van der Waals surface area contributed by atoms with Crippen LogP contribution in [-0.2, 0) is 6.42 Å². The smallest absolute Gasteiger partial charge is 0.196 e. The quantitative estimate of drug-likeness (QED) is 0.657. The number of hydrogen-bond acceptors (Lipinski definition) is 4. The molecular formula is C7H12N2O2. The van der Waals surface area contributed by atoms with E-state index < -0.39 is 0 Å². The second kappa shape index (κ2) is 3.50. The van der Waals surface area contributed by atoms with Crippen molar-refractivity contribution in [3.05, 3.63) is 17.8 Å². The van der Waals surface area contributed by atoms with Gasteiger partial charge in [-0.25, -0.2) is 4.98 Å². The van der Waals surface area contributed by atoms with Crippen LogP contribution in [0.2, 0.25) is 0 Å². The number of aromatic nitrogens is 1. The number of oxazole rings is 1.